The molecule has 1 saturated heterocycles. The molecule has 5 nitrogen and oxygen atoms in total. The van der Waals surface area contributed by atoms with Crippen LogP contribution >= 0.6 is 0 Å². The van der Waals surface area contributed by atoms with E-state index in [2.05, 4.69) is 4.74 Å². The molecule has 1 amide bonds. The number of alkyl halides is 2. The first kappa shape index (κ1) is 15.8. The lowest BCUT2D eigenvalue weighted by Gasteiger charge is -2.31. The molecule has 1 aliphatic rings. The SMILES string of the molecule is O=C(O)CC1CCN(C(=O)CCOCC(F)F)CC1. The minimum Gasteiger partial charge on any atom is -0.481 e. The predicted octanol–water partition coefficient (Wildman–Crippen LogP) is 1.37. The molecule has 1 rings (SSSR count). The normalized spacial score (nSPS) is 16.9. The standard InChI is InChI=1S/C12H19F2NO4/c13-10(14)8-19-6-3-11(16)15-4-1-9(2-5-15)7-12(17)18/h9-10H,1-8H2,(H,17,18). The van der Waals surface area contributed by atoms with Gasteiger partial charge in [0.15, 0.2) is 0 Å². The lowest BCUT2D eigenvalue weighted by molar-refractivity contribution is -0.138. The fraction of sp³-hybridized carbons (Fsp3) is 0.833. The van der Waals surface area contributed by atoms with Crippen molar-refractivity contribution in [1.29, 1.82) is 0 Å². The predicted molar refractivity (Wildman–Crippen MR) is 63.0 cm³/mol. The van der Waals surface area contributed by atoms with E-state index in [9.17, 15) is 18.4 Å². The molecule has 0 aromatic rings. The number of aliphatic carboxylic acids is 1. The molecule has 7 heteroatoms. The Morgan fingerprint density at radius 2 is 1.95 bits per heavy atom. The van der Waals surface area contributed by atoms with Crippen LogP contribution in [0.25, 0.3) is 0 Å². The average Bonchev–Trinajstić information content (AvgIpc) is 2.34. The molecule has 1 aliphatic heterocycles. The van der Waals surface area contributed by atoms with Crippen LogP contribution in [0.15, 0.2) is 0 Å². The second-order valence-corrected chi connectivity index (χ2v) is 4.64. The Labute approximate surface area is 110 Å². The van der Waals surface area contributed by atoms with Crippen LogP contribution < -0.4 is 0 Å². The maximum absolute atomic E-state index is 11.8. The maximum atomic E-state index is 11.8. The summed E-state index contributed by atoms with van der Waals surface area (Å²) in [5, 5.41) is 8.67. The van der Waals surface area contributed by atoms with Gasteiger partial charge in [-0.25, -0.2) is 8.78 Å². The zero-order valence-corrected chi connectivity index (χ0v) is 10.7. The number of hydrogen-bond donors (Lipinski definition) is 1. The summed E-state index contributed by atoms with van der Waals surface area (Å²) < 4.78 is 28.2. The number of ether oxygens (including phenoxy) is 1. The molecule has 19 heavy (non-hydrogen) atoms. The summed E-state index contributed by atoms with van der Waals surface area (Å²) in [6.45, 7) is 0.420. The third-order valence-corrected chi connectivity index (χ3v) is 3.13. The molecule has 0 aromatic heterocycles. The Hall–Kier alpha value is -1.24. The van der Waals surface area contributed by atoms with Crippen LogP contribution in [0.5, 0.6) is 0 Å². The van der Waals surface area contributed by atoms with E-state index in [0.717, 1.165) is 0 Å². The number of amides is 1. The van der Waals surface area contributed by atoms with Crippen LogP contribution in [-0.4, -0.2) is 54.6 Å². The Morgan fingerprint density at radius 1 is 1.32 bits per heavy atom. The van der Waals surface area contributed by atoms with E-state index < -0.39 is 19.0 Å². The van der Waals surface area contributed by atoms with Crippen molar-refractivity contribution in [3.05, 3.63) is 0 Å². The summed E-state index contributed by atoms with van der Waals surface area (Å²) >= 11 is 0. The zero-order valence-electron chi connectivity index (χ0n) is 10.7. The zero-order chi connectivity index (χ0) is 14.3. The molecule has 0 aromatic carbocycles. The first-order valence-electron chi connectivity index (χ1n) is 6.34. The fourth-order valence-corrected chi connectivity index (χ4v) is 2.12. The molecule has 1 heterocycles. The largest absolute Gasteiger partial charge is 0.481 e. The van der Waals surface area contributed by atoms with Gasteiger partial charge in [-0.15, -0.1) is 0 Å². The van der Waals surface area contributed by atoms with Crippen molar-refractivity contribution in [3.63, 3.8) is 0 Å². The summed E-state index contributed by atoms with van der Waals surface area (Å²) in [7, 11) is 0. The lowest BCUT2D eigenvalue weighted by atomic mass is 9.93. The molecule has 0 radical (unpaired) electrons. The highest BCUT2D eigenvalue weighted by Gasteiger charge is 2.23. The van der Waals surface area contributed by atoms with Gasteiger partial charge in [0.25, 0.3) is 6.43 Å². The van der Waals surface area contributed by atoms with Gasteiger partial charge in [-0.3, -0.25) is 9.59 Å². The molecular formula is C12H19F2NO4. The quantitative estimate of drug-likeness (QED) is 0.715. The van der Waals surface area contributed by atoms with Crippen LogP contribution in [0.1, 0.15) is 25.7 Å². The monoisotopic (exact) mass is 279 g/mol. The van der Waals surface area contributed by atoms with Crippen LogP contribution in [0.3, 0.4) is 0 Å². The summed E-state index contributed by atoms with van der Waals surface area (Å²) in [5.74, 6) is -0.815. The molecule has 1 fully saturated rings. The summed E-state index contributed by atoms with van der Waals surface area (Å²) in [6, 6.07) is 0. The second-order valence-electron chi connectivity index (χ2n) is 4.64. The van der Waals surface area contributed by atoms with E-state index in [-0.39, 0.29) is 31.3 Å². The number of carboxylic acid groups (broad SMARTS) is 1. The van der Waals surface area contributed by atoms with Gasteiger partial charge in [0.1, 0.15) is 6.61 Å². The third-order valence-electron chi connectivity index (χ3n) is 3.13. The Morgan fingerprint density at radius 3 is 2.47 bits per heavy atom. The third kappa shape index (κ3) is 6.47. The lowest BCUT2D eigenvalue weighted by Crippen LogP contribution is -2.39. The molecule has 0 saturated carbocycles. The number of hydrogen-bond acceptors (Lipinski definition) is 3. The Balaban J connectivity index is 2.16. The van der Waals surface area contributed by atoms with Gasteiger partial charge < -0.3 is 14.7 Å². The smallest absolute Gasteiger partial charge is 0.303 e. The Kier molecular flexibility index (Phi) is 6.69. The minimum absolute atomic E-state index is 0.00176. The van der Waals surface area contributed by atoms with Crippen molar-refractivity contribution in [2.75, 3.05) is 26.3 Å². The molecule has 0 aliphatic carbocycles. The van der Waals surface area contributed by atoms with Crippen LogP contribution in [0.2, 0.25) is 0 Å². The van der Waals surface area contributed by atoms with E-state index in [1.807, 2.05) is 0 Å². The van der Waals surface area contributed by atoms with Crippen LogP contribution in [0.4, 0.5) is 8.78 Å². The average molecular weight is 279 g/mol. The fourth-order valence-electron chi connectivity index (χ4n) is 2.12. The number of nitrogens with zero attached hydrogens (tertiary/aromatic N) is 1. The topological polar surface area (TPSA) is 66.8 Å². The van der Waals surface area contributed by atoms with Crippen molar-refractivity contribution < 1.29 is 28.2 Å². The molecule has 0 unspecified atom stereocenters. The number of carboxylic acids is 1. The van der Waals surface area contributed by atoms with Crippen molar-refractivity contribution >= 4 is 11.9 Å². The molecule has 110 valence electrons. The summed E-state index contributed by atoms with van der Waals surface area (Å²) in [6.07, 6.45) is -0.927. The molecular weight excluding hydrogens is 260 g/mol. The highest BCUT2D eigenvalue weighted by Crippen LogP contribution is 2.20. The van der Waals surface area contributed by atoms with Crippen LogP contribution in [-0.2, 0) is 14.3 Å². The van der Waals surface area contributed by atoms with Gasteiger partial charge in [-0.1, -0.05) is 0 Å². The van der Waals surface area contributed by atoms with Crippen molar-refractivity contribution in [2.24, 2.45) is 5.92 Å². The van der Waals surface area contributed by atoms with Crippen molar-refractivity contribution in [3.8, 4) is 0 Å². The summed E-state index contributed by atoms with van der Waals surface area (Å²) in [5.41, 5.74) is 0. The first-order chi connectivity index (χ1) is 8.99. The number of carbonyl (C=O) groups is 2. The molecule has 0 atom stereocenters. The molecule has 0 bridgehead atoms. The van der Waals surface area contributed by atoms with Gasteiger partial charge in [-0.05, 0) is 18.8 Å². The maximum Gasteiger partial charge on any atom is 0.303 e. The van der Waals surface area contributed by atoms with Gasteiger partial charge in [0.2, 0.25) is 5.91 Å². The number of carbonyl (C=O) groups excluding carboxylic acids is 1. The highest BCUT2D eigenvalue weighted by molar-refractivity contribution is 5.76. The van der Waals surface area contributed by atoms with Gasteiger partial charge >= 0.3 is 5.97 Å². The van der Waals surface area contributed by atoms with Gasteiger partial charge in [-0.2, -0.15) is 0 Å². The molecule has 0 spiro atoms. The first-order valence-corrected chi connectivity index (χ1v) is 6.34. The van der Waals surface area contributed by atoms with E-state index in [1.165, 1.54) is 0 Å². The second kappa shape index (κ2) is 8.04. The van der Waals surface area contributed by atoms with Gasteiger partial charge in [0, 0.05) is 19.5 Å². The number of likely N-dealkylation sites (tertiary alicyclic amines) is 1. The van der Waals surface area contributed by atoms with E-state index in [1.54, 1.807) is 4.90 Å². The molecule has 1 N–H and O–H groups in total. The number of rotatable bonds is 7. The Bertz CT molecular complexity index is 304. The summed E-state index contributed by atoms with van der Waals surface area (Å²) in [4.78, 5) is 23.9. The van der Waals surface area contributed by atoms with E-state index in [4.69, 9.17) is 5.11 Å². The van der Waals surface area contributed by atoms with Crippen molar-refractivity contribution in [1.82, 2.24) is 4.90 Å². The van der Waals surface area contributed by atoms with Crippen LogP contribution in [0, 0.1) is 5.92 Å². The number of halogens is 2. The van der Waals surface area contributed by atoms with Gasteiger partial charge in [0.05, 0.1) is 13.0 Å². The number of piperidine rings is 1. The van der Waals surface area contributed by atoms with E-state index in [0.29, 0.717) is 25.9 Å². The van der Waals surface area contributed by atoms with Crippen molar-refractivity contribution in [2.45, 2.75) is 32.1 Å². The van der Waals surface area contributed by atoms with E-state index >= 15 is 0 Å². The minimum atomic E-state index is -2.51. The highest BCUT2D eigenvalue weighted by atomic mass is 19.3.